The Labute approximate surface area is 161 Å². The van der Waals surface area contributed by atoms with E-state index in [1.807, 2.05) is 6.21 Å². The van der Waals surface area contributed by atoms with Crippen molar-refractivity contribution in [3.05, 3.63) is 95.1 Å². The van der Waals surface area contributed by atoms with Gasteiger partial charge >= 0.3 is 14.4 Å². The molecule has 130 valence electrons. The lowest BCUT2D eigenvalue weighted by Gasteiger charge is -2.13. The molecule has 3 heteroatoms. The highest BCUT2D eigenvalue weighted by Crippen LogP contribution is 2.16. The molecular formula is C23H25AlN2. The van der Waals surface area contributed by atoms with Crippen LogP contribution in [0.5, 0.6) is 0 Å². The first-order valence-electron chi connectivity index (χ1n) is 9.12. The van der Waals surface area contributed by atoms with Crippen LogP contribution in [0.2, 0.25) is 5.79 Å². The lowest BCUT2D eigenvalue weighted by Crippen LogP contribution is -2.24. The average molecular weight is 356 g/mol. The molecule has 0 aliphatic rings. The van der Waals surface area contributed by atoms with Crippen LogP contribution >= 0.6 is 0 Å². The summed E-state index contributed by atoms with van der Waals surface area (Å²) in [5.74, 6) is 2.35. The molecule has 1 N–H and O–H groups in total. The van der Waals surface area contributed by atoms with Crippen molar-refractivity contribution in [1.82, 2.24) is 0 Å². The van der Waals surface area contributed by atoms with Crippen LogP contribution in [-0.4, -0.2) is 20.6 Å². The molecule has 0 unspecified atom stereocenters. The Kier molecular flexibility index (Phi) is 6.28. The fourth-order valence-electron chi connectivity index (χ4n) is 2.94. The summed E-state index contributed by atoms with van der Waals surface area (Å²) >= 11 is -1.12. The Morgan fingerprint density at radius 2 is 1.46 bits per heavy atom. The smallest absolute Gasteiger partial charge is 0.412 e. The summed E-state index contributed by atoms with van der Waals surface area (Å²) in [6.45, 7) is 4.21. The van der Waals surface area contributed by atoms with E-state index in [0.29, 0.717) is 0 Å². The highest BCUT2D eigenvalue weighted by Gasteiger charge is 2.14. The first kappa shape index (κ1) is 18.5. The standard InChI is InChI=1S/C15H14N.C7H8N.CH3.Al/c1-12-7-9-15(10-8-12)16-11-14-6-4-3-5-13(14)2;1-6-2-4-7(8)5-3-6;;/h3-11H,2H2,1H3;2-5,8H,1H3;1H3;/q;-1;;+1. The van der Waals surface area contributed by atoms with Gasteiger partial charge in [-0.15, -0.1) is 0 Å². The third-order valence-electron chi connectivity index (χ3n) is 4.43. The minimum atomic E-state index is -1.12. The molecule has 3 aromatic rings. The van der Waals surface area contributed by atoms with Gasteiger partial charge < -0.3 is 4.30 Å². The van der Waals surface area contributed by atoms with Crippen molar-refractivity contribution >= 4 is 32.0 Å². The largest absolute Gasteiger partial charge is 0.476 e. The summed E-state index contributed by atoms with van der Waals surface area (Å²) < 4.78 is 3.72. The van der Waals surface area contributed by atoms with Crippen molar-refractivity contribution < 1.29 is 0 Å². The van der Waals surface area contributed by atoms with Crippen LogP contribution in [0.1, 0.15) is 22.3 Å². The van der Waals surface area contributed by atoms with Crippen molar-refractivity contribution in [2.45, 2.75) is 24.9 Å². The number of rotatable bonds is 6. The van der Waals surface area contributed by atoms with Crippen LogP contribution in [0.4, 0.5) is 11.4 Å². The Hall–Kier alpha value is -2.34. The average Bonchev–Trinajstić information content (AvgIpc) is 2.64. The zero-order valence-electron chi connectivity index (χ0n) is 15.7. The summed E-state index contributed by atoms with van der Waals surface area (Å²) in [7, 11) is 0. The number of anilines is 1. The van der Waals surface area contributed by atoms with E-state index in [1.165, 1.54) is 27.9 Å². The van der Waals surface area contributed by atoms with Gasteiger partial charge in [-0.1, -0.05) is 71.0 Å². The maximum atomic E-state index is 4.65. The maximum absolute atomic E-state index is 4.65. The van der Waals surface area contributed by atoms with Crippen LogP contribution in [0.15, 0.2) is 77.8 Å². The van der Waals surface area contributed by atoms with Gasteiger partial charge in [-0.25, -0.2) is 0 Å². The van der Waals surface area contributed by atoms with E-state index in [-0.39, 0.29) is 0 Å². The highest BCUT2D eigenvalue weighted by atomic mass is 27.2. The van der Waals surface area contributed by atoms with E-state index in [2.05, 4.69) is 102 Å². The van der Waals surface area contributed by atoms with Gasteiger partial charge in [0.25, 0.3) is 0 Å². The number of nitrogens with zero attached hydrogens (tertiary/aromatic N) is 1. The van der Waals surface area contributed by atoms with Crippen molar-refractivity contribution in [2.75, 3.05) is 4.30 Å². The van der Waals surface area contributed by atoms with Crippen molar-refractivity contribution in [3.8, 4) is 0 Å². The molecule has 0 saturated carbocycles. The fourth-order valence-corrected chi connectivity index (χ4v) is 4.83. The third kappa shape index (κ3) is 5.33. The van der Waals surface area contributed by atoms with Gasteiger partial charge in [-0.2, -0.15) is 0 Å². The monoisotopic (exact) mass is 356 g/mol. The quantitative estimate of drug-likeness (QED) is 0.433. The Bertz CT molecular complexity index is 867. The van der Waals surface area contributed by atoms with Gasteiger partial charge in [0.05, 0.1) is 5.69 Å². The number of nitrogens with one attached hydrogen (secondary N) is 1. The molecule has 0 aliphatic carbocycles. The van der Waals surface area contributed by atoms with Crippen molar-refractivity contribution in [3.63, 3.8) is 0 Å². The summed E-state index contributed by atoms with van der Waals surface area (Å²) in [6.07, 6.45) is 1.99. The molecular weight excluding hydrogens is 331 g/mol. The van der Waals surface area contributed by atoms with Crippen LogP contribution in [0.25, 0.3) is 0 Å². The van der Waals surface area contributed by atoms with Crippen LogP contribution in [0, 0.1) is 13.8 Å². The predicted molar refractivity (Wildman–Crippen MR) is 115 cm³/mol. The number of benzene rings is 3. The molecule has 0 atom stereocenters. The first-order valence-corrected chi connectivity index (χ1v) is 11.7. The number of hydrogen-bond donors (Lipinski definition) is 1. The van der Waals surface area contributed by atoms with E-state index < -0.39 is 14.4 Å². The van der Waals surface area contributed by atoms with Crippen LogP contribution in [0.3, 0.4) is 0 Å². The van der Waals surface area contributed by atoms with E-state index >= 15 is 0 Å². The van der Waals surface area contributed by atoms with Crippen LogP contribution < -0.4 is 4.30 Å². The molecule has 0 aromatic heterocycles. The molecule has 0 saturated heterocycles. The fraction of sp³-hybridized carbons (Fsp3) is 0.174. The molecule has 26 heavy (non-hydrogen) atoms. The number of hydrogen-bond acceptors (Lipinski definition) is 2. The Morgan fingerprint density at radius 1 is 0.846 bits per heavy atom. The van der Waals surface area contributed by atoms with Crippen molar-refractivity contribution in [1.29, 1.82) is 0 Å². The second-order valence-electron chi connectivity index (χ2n) is 6.91. The second-order valence-corrected chi connectivity index (χ2v) is 9.41. The third-order valence-corrected chi connectivity index (χ3v) is 6.31. The molecule has 0 bridgehead atoms. The molecule has 0 spiro atoms. The molecule has 2 nitrogen and oxygen atoms in total. The van der Waals surface area contributed by atoms with Gasteiger partial charge in [-0.05, 0) is 49.0 Å². The van der Waals surface area contributed by atoms with Gasteiger partial charge in [0, 0.05) is 11.9 Å². The van der Waals surface area contributed by atoms with Gasteiger partial charge in [-0.3, -0.25) is 4.99 Å². The minimum absolute atomic E-state index is 0.994. The molecule has 0 aliphatic heterocycles. The zero-order chi connectivity index (χ0) is 18.4. The topological polar surface area (TPSA) is 24.4 Å². The molecule has 0 fully saturated rings. The SMILES string of the molecule is Cc1ccc(N=Cc2ccccc2[CH2][Al]([CH3])[NH]c2ccc(C)cc2)cc1. The normalized spacial score (nSPS) is 10.9. The molecule has 3 aromatic carbocycles. The highest BCUT2D eigenvalue weighted by molar-refractivity contribution is 6.60. The van der Waals surface area contributed by atoms with Gasteiger partial charge in [0.15, 0.2) is 0 Å². The Balaban J connectivity index is 1.70. The minimum Gasteiger partial charge on any atom is -0.476 e. The summed E-state index contributed by atoms with van der Waals surface area (Å²) in [6, 6.07) is 25.5. The zero-order valence-corrected chi connectivity index (χ0v) is 16.9. The summed E-state index contributed by atoms with van der Waals surface area (Å²) in [5, 5.41) is 1.09. The number of aryl methyl sites for hydroxylation is 2. The van der Waals surface area contributed by atoms with E-state index in [9.17, 15) is 0 Å². The van der Waals surface area contributed by atoms with E-state index in [4.69, 9.17) is 0 Å². The van der Waals surface area contributed by atoms with Gasteiger partial charge in [0.2, 0.25) is 0 Å². The van der Waals surface area contributed by atoms with E-state index in [1.54, 1.807) is 0 Å². The lowest BCUT2D eigenvalue weighted by atomic mass is 10.1. The predicted octanol–water partition coefficient (Wildman–Crippen LogP) is 5.87. The van der Waals surface area contributed by atoms with Crippen molar-refractivity contribution in [2.24, 2.45) is 4.99 Å². The lowest BCUT2D eigenvalue weighted by molar-refractivity contribution is 1.33. The molecule has 3 rings (SSSR count). The van der Waals surface area contributed by atoms with Gasteiger partial charge in [0.1, 0.15) is 0 Å². The summed E-state index contributed by atoms with van der Waals surface area (Å²) in [5.41, 5.74) is 7.34. The van der Waals surface area contributed by atoms with Crippen LogP contribution in [-0.2, 0) is 5.28 Å². The summed E-state index contributed by atoms with van der Waals surface area (Å²) in [4.78, 5) is 4.65. The Morgan fingerprint density at radius 3 is 2.15 bits per heavy atom. The molecule has 0 heterocycles. The first-order chi connectivity index (χ1) is 12.6. The number of aliphatic imine (C=N–C) groups is 1. The van der Waals surface area contributed by atoms with E-state index in [0.717, 1.165) is 11.0 Å². The molecule has 0 radical (unpaired) electrons. The molecule has 0 amide bonds. The second kappa shape index (κ2) is 8.85. The maximum Gasteiger partial charge on any atom is 0.412 e.